The Bertz CT molecular complexity index is 759. The molecule has 0 aliphatic rings. The van der Waals surface area contributed by atoms with E-state index in [1.807, 2.05) is 24.3 Å². The quantitative estimate of drug-likeness (QED) is 0.572. The van der Waals surface area contributed by atoms with Gasteiger partial charge in [-0.15, -0.1) is 11.3 Å². The van der Waals surface area contributed by atoms with Crippen LogP contribution in [0.2, 0.25) is 0 Å². The predicted octanol–water partition coefficient (Wildman–Crippen LogP) is 3.94. The fraction of sp³-hybridized carbons (Fsp3) is 0.0625. The molecule has 0 amide bonds. The number of rotatable bonds is 2. The number of benzene rings is 2. The lowest BCUT2D eigenvalue weighted by molar-refractivity contribution is 0.0602. The van der Waals surface area contributed by atoms with Crippen LogP contribution in [0.15, 0.2) is 48.5 Å². The maximum Gasteiger partial charge on any atom is 0.339 e. The third-order valence-electron chi connectivity index (χ3n) is 3.17. The van der Waals surface area contributed by atoms with Gasteiger partial charge in [0.1, 0.15) is 0 Å². The number of thiophene rings is 1. The Balaban J connectivity index is 2.06. The van der Waals surface area contributed by atoms with Gasteiger partial charge in [-0.25, -0.2) is 4.79 Å². The standard InChI is InChI=1S/C16H13NO2S/c1-19-16(18)12-7-6-11(8-13(12)17)15-9-10-4-2-3-5-14(10)20-15/h2-9H,17H2,1H3. The minimum atomic E-state index is -0.412. The van der Waals surface area contributed by atoms with Crippen LogP contribution >= 0.6 is 11.3 Å². The summed E-state index contributed by atoms with van der Waals surface area (Å²) in [7, 11) is 1.35. The van der Waals surface area contributed by atoms with Crippen molar-refractivity contribution in [2.75, 3.05) is 12.8 Å². The van der Waals surface area contributed by atoms with Gasteiger partial charge in [0.05, 0.1) is 12.7 Å². The number of methoxy groups -OCH3 is 1. The molecule has 0 unspecified atom stereocenters. The van der Waals surface area contributed by atoms with E-state index in [1.165, 1.54) is 17.2 Å². The summed E-state index contributed by atoms with van der Waals surface area (Å²) in [4.78, 5) is 12.7. The summed E-state index contributed by atoms with van der Waals surface area (Å²) in [6.07, 6.45) is 0. The molecule has 2 N–H and O–H groups in total. The van der Waals surface area contributed by atoms with Crippen LogP contribution in [0.5, 0.6) is 0 Å². The number of nitrogens with two attached hydrogens (primary N) is 1. The van der Waals surface area contributed by atoms with Crippen LogP contribution in [0.1, 0.15) is 10.4 Å². The molecule has 0 atom stereocenters. The summed E-state index contributed by atoms with van der Waals surface area (Å²) in [5.74, 6) is -0.412. The second-order valence-electron chi connectivity index (χ2n) is 4.44. The van der Waals surface area contributed by atoms with Crippen LogP contribution in [0.25, 0.3) is 20.5 Å². The summed E-state index contributed by atoms with van der Waals surface area (Å²) in [5, 5.41) is 1.21. The Labute approximate surface area is 120 Å². The molecule has 2 aromatic carbocycles. The molecule has 0 bridgehead atoms. The molecule has 0 aliphatic carbocycles. The van der Waals surface area contributed by atoms with E-state index in [-0.39, 0.29) is 0 Å². The van der Waals surface area contributed by atoms with E-state index in [0.29, 0.717) is 11.3 Å². The van der Waals surface area contributed by atoms with Gasteiger partial charge in [-0.2, -0.15) is 0 Å². The van der Waals surface area contributed by atoms with Gasteiger partial charge in [0.2, 0.25) is 0 Å². The lowest BCUT2D eigenvalue weighted by Crippen LogP contribution is -2.05. The van der Waals surface area contributed by atoms with E-state index >= 15 is 0 Å². The molecule has 0 fully saturated rings. The second kappa shape index (κ2) is 4.98. The van der Waals surface area contributed by atoms with Crippen molar-refractivity contribution in [1.82, 2.24) is 0 Å². The number of carbonyl (C=O) groups excluding carboxylic acids is 1. The summed E-state index contributed by atoms with van der Waals surface area (Å²) in [6, 6.07) is 15.8. The highest BCUT2D eigenvalue weighted by Gasteiger charge is 2.11. The number of esters is 1. The molecule has 0 spiro atoms. The first-order chi connectivity index (χ1) is 9.69. The number of hydrogen-bond acceptors (Lipinski definition) is 4. The van der Waals surface area contributed by atoms with Gasteiger partial charge in [-0.05, 0) is 35.2 Å². The van der Waals surface area contributed by atoms with Gasteiger partial charge in [0.15, 0.2) is 0 Å². The van der Waals surface area contributed by atoms with Gasteiger partial charge in [0.25, 0.3) is 0 Å². The second-order valence-corrected chi connectivity index (χ2v) is 5.53. The van der Waals surface area contributed by atoms with Crippen molar-refractivity contribution in [1.29, 1.82) is 0 Å². The molecular weight excluding hydrogens is 270 g/mol. The van der Waals surface area contributed by atoms with Crippen molar-refractivity contribution in [2.24, 2.45) is 0 Å². The Morgan fingerprint density at radius 1 is 1.15 bits per heavy atom. The van der Waals surface area contributed by atoms with E-state index in [9.17, 15) is 4.79 Å². The van der Waals surface area contributed by atoms with Crippen LogP contribution in [0, 0.1) is 0 Å². The molecule has 0 aliphatic heterocycles. The number of carbonyl (C=O) groups is 1. The molecular formula is C16H13NO2S. The first-order valence-corrected chi connectivity index (χ1v) is 6.97. The number of ether oxygens (including phenoxy) is 1. The SMILES string of the molecule is COC(=O)c1ccc(-c2cc3ccccc3s2)cc1N. The molecule has 1 aromatic heterocycles. The van der Waals surface area contributed by atoms with Crippen molar-refractivity contribution in [3.05, 3.63) is 54.1 Å². The summed E-state index contributed by atoms with van der Waals surface area (Å²) in [6.45, 7) is 0. The highest BCUT2D eigenvalue weighted by atomic mass is 32.1. The van der Waals surface area contributed by atoms with Crippen LogP contribution in [-0.2, 0) is 4.74 Å². The molecule has 1 heterocycles. The first kappa shape index (κ1) is 12.7. The van der Waals surface area contributed by atoms with Crippen molar-refractivity contribution in [3.63, 3.8) is 0 Å². The maximum absolute atomic E-state index is 11.5. The van der Waals surface area contributed by atoms with Crippen molar-refractivity contribution in [2.45, 2.75) is 0 Å². The minimum absolute atomic E-state index is 0.400. The maximum atomic E-state index is 11.5. The Morgan fingerprint density at radius 3 is 2.65 bits per heavy atom. The fourth-order valence-electron chi connectivity index (χ4n) is 2.14. The van der Waals surface area contributed by atoms with Crippen molar-refractivity contribution in [3.8, 4) is 10.4 Å². The number of nitrogen functional groups attached to an aromatic ring is 1. The van der Waals surface area contributed by atoms with E-state index in [0.717, 1.165) is 10.4 Å². The largest absolute Gasteiger partial charge is 0.465 e. The van der Waals surface area contributed by atoms with Crippen LogP contribution < -0.4 is 5.73 Å². The molecule has 3 rings (SSSR count). The smallest absolute Gasteiger partial charge is 0.339 e. The average Bonchev–Trinajstić information content (AvgIpc) is 2.90. The molecule has 3 aromatic rings. The number of anilines is 1. The van der Waals surface area contributed by atoms with Crippen molar-refractivity contribution < 1.29 is 9.53 Å². The molecule has 3 nitrogen and oxygen atoms in total. The average molecular weight is 283 g/mol. The molecule has 0 saturated heterocycles. The normalized spacial score (nSPS) is 10.7. The summed E-state index contributed by atoms with van der Waals surface area (Å²) < 4.78 is 5.93. The summed E-state index contributed by atoms with van der Waals surface area (Å²) in [5.41, 5.74) is 7.78. The van der Waals surface area contributed by atoms with Crippen LogP contribution in [-0.4, -0.2) is 13.1 Å². The van der Waals surface area contributed by atoms with Gasteiger partial charge in [0, 0.05) is 15.3 Å². The number of hydrogen-bond donors (Lipinski definition) is 1. The summed E-state index contributed by atoms with van der Waals surface area (Å²) >= 11 is 1.71. The van der Waals surface area contributed by atoms with Gasteiger partial charge >= 0.3 is 5.97 Å². The Morgan fingerprint density at radius 2 is 1.95 bits per heavy atom. The van der Waals surface area contributed by atoms with Crippen molar-refractivity contribution >= 4 is 33.1 Å². The predicted molar refractivity (Wildman–Crippen MR) is 83.0 cm³/mol. The molecule has 100 valence electrons. The first-order valence-electron chi connectivity index (χ1n) is 6.16. The van der Waals surface area contributed by atoms with Crippen LogP contribution in [0.4, 0.5) is 5.69 Å². The molecule has 4 heteroatoms. The van der Waals surface area contributed by atoms with Crippen LogP contribution in [0.3, 0.4) is 0 Å². The fourth-order valence-corrected chi connectivity index (χ4v) is 3.20. The zero-order valence-electron chi connectivity index (χ0n) is 10.9. The molecule has 0 radical (unpaired) electrons. The third-order valence-corrected chi connectivity index (χ3v) is 4.33. The lowest BCUT2D eigenvalue weighted by atomic mass is 10.1. The van der Waals surface area contributed by atoms with E-state index in [2.05, 4.69) is 18.2 Å². The Kier molecular flexibility index (Phi) is 3.16. The lowest BCUT2D eigenvalue weighted by Gasteiger charge is -2.05. The Hall–Kier alpha value is -2.33. The zero-order valence-corrected chi connectivity index (χ0v) is 11.7. The van der Waals surface area contributed by atoms with E-state index < -0.39 is 5.97 Å². The monoisotopic (exact) mass is 283 g/mol. The van der Waals surface area contributed by atoms with Gasteiger partial charge < -0.3 is 10.5 Å². The minimum Gasteiger partial charge on any atom is -0.465 e. The zero-order chi connectivity index (χ0) is 14.1. The topological polar surface area (TPSA) is 52.3 Å². The highest BCUT2D eigenvalue weighted by Crippen LogP contribution is 2.34. The molecule has 20 heavy (non-hydrogen) atoms. The van der Waals surface area contributed by atoms with Gasteiger partial charge in [-0.3, -0.25) is 0 Å². The van der Waals surface area contributed by atoms with E-state index in [4.69, 9.17) is 10.5 Å². The molecule has 0 saturated carbocycles. The van der Waals surface area contributed by atoms with E-state index in [1.54, 1.807) is 17.4 Å². The van der Waals surface area contributed by atoms with Gasteiger partial charge in [-0.1, -0.05) is 24.3 Å². The number of fused-ring (bicyclic) bond motifs is 1. The third kappa shape index (κ3) is 2.14. The highest BCUT2D eigenvalue weighted by molar-refractivity contribution is 7.22.